The minimum Gasteiger partial charge on any atom is -0.545 e. The van der Waals surface area contributed by atoms with Gasteiger partial charge in [0.2, 0.25) is 0 Å². The molecule has 0 aliphatic rings. The zero-order valence-electron chi connectivity index (χ0n) is 17.6. The number of carbonyl (C=O) groups is 2. The number of aryl methyl sites for hydroxylation is 1. The molecule has 0 unspecified atom stereocenters. The van der Waals surface area contributed by atoms with Crippen molar-refractivity contribution < 1.29 is 19.8 Å². The van der Waals surface area contributed by atoms with Gasteiger partial charge in [-0.05, 0) is 72.6 Å². The quantitative estimate of drug-likeness (QED) is 0.299. The molecule has 3 aromatic rings. The zero-order chi connectivity index (χ0) is 22.8. The van der Waals surface area contributed by atoms with Crippen molar-refractivity contribution in [3.05, 3.63) is 95.1 Å². The molecule has 3 aromatic carbocycles. The van der Waals surface area contributed by atoms with Crippen LogP contribution < -0.4 is 10.2 Å². The maximum Gasteiger partial charge on any atom is 0.0724 e. The molecule has 0 saturated heterocycles. The molecule has 4 nitrogen and oxygen atoms in total. The third-order valence-electron chi connectivity index (χ3n) is 5.02. The molecular formula is C26H24O4S2-2. The van der Waals surface area contributed by atoms with Crippen LogP contribution in [-0.2, 0) is 12.8 Å². The van der Waals surface area contributed by atoms with E-state index in [1.165, 1.54) is 11.0 Å². The molecule has 0 fully saturated rings. The standard InChI is InChI=1S/C26H26O4S2/c27-25(28)23-16-15-19(9-7-17-31-20-10-3-1-4-11-20)22(24(23)26(29)30)14-8-18-32-21-12-5-2-6-13-21/h1-6,10-13,15-16H,7-9,14,17-18H2,(H,27,28)(H,29,30)/p-2. The lowest BCUT2D eigenvalue weighted by Gasteiger charge is -2.20. The normalized spacial score (nSPS) is 10.8. The first kappa shape index (κ1) is 24.0. The average molecular weight is 465 g/mol. The van der Waals surface area contributed by atoms with Crippen LogP contribution in [0.4, 0.5) is 0 Å². The van der Waals surface area contributed by atoms with Gasteiger partial charge in [0.1, 0.15) is 0 Å². The van der Waals surface area contributed by atoms with Crippen molar-refractivity contribution in [2.75, 3.05) is 11.5 Å². The third-order valence-corrected chi connectivity index (χ3v) is 7.22. The van der Waals surface area contributed by atoms with E-state index in [2.05, 4.69) is 12.1 Å². The summed E-state index contributed by atoms with van der Waals surface area (Å²) in [5.41, 5.74) is 0.888. The molecule has 0 spiro atoms. The molecule has 0 amide bonds. The largest absolute Gasteiger partial charge is 0.545 e. The molecule has 3 rings (SSSR count). The van der Waals surface area contributed by atoms with Crippen LogP contribution in [0.2, 0.25) is 0 Å². The van der Waals surface area contributed by atoms with Crippen LogP contribution in [-0.4, -0.2) is 23.4 Å². The highest BCUT2D eigenvalue weighted by Crippen LogP contribution is 2.26. The molecule has 0 aromatic heterocycles. The fourth-order valence-corrected chi connectivity index (χ4v) is 5.29. The predicted molar refractivity (Wildman–Crippen MR) is 126 cm³/mol. The van der Waals surface area contributed by atoms with Crippen molar-refractivity contribution >= 4 is 35.5 Å². The Morgan fingerprint density at radius 2 is 1.19 bits per heavy atom. The molecule has 6 heteroatoms. The maximum absolute atomic E-state index is 11.9. The summed E-state index contributed by atoms with van der Waals surface area (Å²) in [6.07, 6.45) is 2.73. The Balaban J connectivity index is 1.70. The maximum atomic E-state index is 11.9. The second-order valence-electron chi connectivity index (χ2n) is 7.23. The molecule has 0 saturated carbocycles. The Hall–Kier alpha value is -2.70. The first-order valence-corrected chi connectivity index (χ1v) is 12.5. The Labute approximate surface area is 197 Å². The molecular weight excluding hydrogens is 440 g/mol. The second kappa shape index (κ2) is 12.4. The van der Waals surface area contributed by atoms with Crippen LogP contribution in [0, 0.1) is 0 Å². The number of carbonyl (C=O) groups excluding carboxylic acids is 2. The Kier molecular flexibility index (Phi) is 9.26. The molecule has 0 aliphatic heterocycles. The fraction of sp³-hybridized carbons (Fsp3) is 0.231. The molecule has 166 valence electrons. The van der Waals surface area contributed by atoms with Gasteiger partial charge in [0.05, 0.1) is 11.9 Å². The summed E-state index contributed by atoms with van der Waals surface area (Å²) in [5.74, 6) is -1.27. The van der Waals surface area contributed by atoms with E-state index < -0.39 is 11.9 Å². The minimum atomic E-state index is -1.49. The van der Waals surface area contributed by atoms with E-state index >= 15 is 0 Å². The van der Waals surface area contributed by atoms with E-state index in [9.17, 15) is 19.8 Å². The number of benzene rings is 3. The summed E-state index contributed by atoms with van der Waals surface area (Å²) in [5, 5.41) is 23.4. The molecule has 0 bridgehead atoms. The lowest BCUT2D eigenvalue weighted by atomic mass is 9.91. The highest BCUT2D eigenvalue weighted by atomic mass is 32.2. The van der Waals surface area contributed by atoms with Crippen LogP contribution in [0.1, 0.15) is 44.7 Å². The van der Waals surface area contributed by atoms with Crippen molar-refractivity contribution in [3.8, 4) is 0 Å². The highest BCUT2D eigenvalue weighted by molar-refractivity contribution is 7.99. The summed E-state index contributed by atoms with van der Waals surface area (Å²) < 4.78 is 0. The predicted octanol–water partition coefficient (Wildman–Crippen LogP) is 3.86. The Bertz CT molecular complexity index is 1040. The van der Waals surface area contributed by atoms with E-state index in [1.807, 2.05) is 48.5 Å². The summed E-state index contributed by atoms with van der Waals surface area (Å²) in [6, 6.07) is 23.1. The topological polar surface area (TPSA) is 80.3 Å². The first-order valence-electron chi connectivity index (χ1n) is 10.5. The van der Waals surface area contributed by atoms with Gasteiger partial charge in [0.25, 0.3) is 0 Å². The number of thioether (sulfide) groups is 2. The fourth-order valence-electron chi connectivity index (χ4n) is 3.54. The van der Waals surface area contributed by atoms with Crippen LogP contribution in [0.5, 0.6) is 0 Å². The van der Waals surface area contributed by atoms with E-state index in [4.69, 9.17) is 0 Å². The smallest absolute Gasteiger partial charge is 0.0724 e. The second-order valence-corrected chi connectivity index (χ2v) is 9.57. The average Bonchev–Trinajstić information content (AvgIpc) is 2.80. The van der Waals surface area contributed by atoms with Gasteiger partial charge in [-0.15, -0.1) is 23.5 Å². The van der Waals surface area contributed by atoms with Crippen LogP contribution in [0.3, 0.4) is 0 Å². The van der Waals surface area contributed by atoms with E-state index in [0.717, 1.165) is 34.8 Å². The van der Waals surface area contributed by atoms with Crippen molar-refractivity contribution in [2.45, 2.75) is 35.5 Å². The number of aromatic carboxylic acids is 2. The lowest BCUT2D eigenvalue weighted by Crippen LogP contribution is -2.31. The zero-order valence-corrected chi connectivity index (χ0v) is 19.3. The summed E-state index contributed by atoms with van der Waals surface area (Å²) in [7, 11) is 0. The molecule has 32 heavy (non-hydrogen) atoms. The van der Waals surface area contributed by atoms with Crippen molar-refractivity contribution in [2.24, 2.45) is 0 Å². The molecule has 0 aliphatic carbocycles. The van der Waals surface area contributed by atoms with Gasteiger partial charge >= 0.3 is 0 Å². The molecule has 0 atom stereocenters. The Morgan fingerprint density at radius 1 is 0.656 bits per heavy atom. The van der Waals surface area contributed by atoms with Gasteiger partial charge in [-0.2, -0.15) is 0 Å². The van der Waals surface area contributed by atoms with Gasteiger partial charge in [0, 0.05) is 20.9 Å². The van der Waals surface area contributed by atoms with Crippen LogP contribution >= 0.6 is 23.5 Å². The number of rotatable bonds is 12. The number of carboxylic acids is 2. The number of hydrogen-bond donors (Lipinski definition) is 0. The molecule has 0 radical (unpaired) electrons. The summed E-state index contributed by atoms with van der Waals surface area (Å²) in [6.45, 7) is 0. The van der Waals surface area contributed by atoms with Gasteiger partial charge in [-0.3, -0.25) is 0 Å². The third kappa shape index (κ3) is 6.90. The lowest BCUT2D eigenvalue weighted by molar-refractivity contribution is -0.259. The Morgan fingerprint density at radius 3 is 1.69 bits per heavy atom. The first-order chi connectivity index (χ1) is 15.6. The number of hydrogen-bond acceptors (Lipinski definition) is 6. The van der Waals surface area contributed by atoms with E-state index in [-0.39, 0.29) is 11.1 Å². The van der Waals surface area contributed by atoms with Crippen LogP contribution in [0.15, 0.2) is 82.6 Å². The SMILES string of the molecule is O=C([O-])c1ccc(CCCSc2ccccc2)c(CCCSc2ccccc2)c1C(=O)[O-]. The minimum absolute atomic E-state index is 0.233. The monoisotopic (exact) mass is 464 g/mol. The van der Waals surface area contributed by atoms with E-state index in [1.54, 1.807) is 29.6 Å². The van der Waals surface area contributed by atoms with Gasteiger partial charge < -0.3 is 19.8 Å². The van der Waals surface area contributed by atoms with Crippen molar-refractivity contribution in [1.82, 2.24) is 0 Å². The summed E-state index contributed by atoms with van der Waals surface area (Å²) in [4.78, 5) is 25.7. The van der Waals surface area contributed by atoms with Crippen molar-refractivity contribution in [3.63, 3.8) is 0 Å². The van der Waals surface area contributed by atoms with Crippen molar-refractivity contribution in [1.29, 1.82) is 0 Å². The van der Waals surface area contributed by atoms with Gasteiger partial charge in [-0.1, -0.05) is 48.5 Å². The summed E-state index contributed by atoms with van der Waals surface area (Å²) >= 11 is 3.44. The van der Waals surface area contributed by atoms with Crippen LogP contribution in [0.25, 0.3) is 0 Å². The van der Waals surface area contributed by atoms with Gasteiger partial charge in [-0.25, -0.2) is 0 Å². The molecule has 0 N–H and O–H groups in total. The number of carboxylic acid groups (broad SMARTS) is 2. The van der Waals surface area contributed by atoms with Gasteiger partial charge in [0.15, 0.2) is 0 Å². The molecule has 0 heterocycles. The van der Waals surface area contributed by atoms with E-state index in [0.29, 0.717) is 18.4 Å². The highest BCUT2D eigenvalue weighted by Gasteiger charge is 2.15.